The highest BCUT2D eigenvalue weighted by Gasteiger charge is 2.15. The minimum Gasteiger partial charge on any atom is -0.343 e. The van der Waals surface area contributed by atoms with E-state index in [0.29, 0.717) is 12.0 Å². The molecule has 3 rings (SSSR count). The molecule has 0 saturated carbocycles. The second kappa shape index (κ2) is 6.39. The minimum absolute atomic E-state index is 0.436. The van der Waals surface area contributed by atoms with Crippen LogP contribution < -0.4 is 0 Å². The van der Waals surface area contributed by atoms with Gasteiger partial charge in [-0.25, -0.2) is 4.98 Å². The molecule has 0 aliphatic heterocycles. The number of aromatic nitrogens is 3. The summed E-state index contributed by atoms with van der Waals surface area (Å²) in [5.74, 6) is 0.447. The summed E-state index contributed by atoms with van der Waals surface area (Å²) < 4.78 is 2.32. The summed E-state index contributed by atoms with van der Waals surface area (Å²) in [5, 5.41) is 0. The molecule has 0 saturated heterocycles. The number of pyridine rings is 2. The Morgan fingerprint density at radius 2 is 1.88 bits per heavy atom. The lowest BCUT2D eigenvalue weighted by Crippen LogP contribution is -2.00. The number of rotatable bonds is 4. The molecule has 24 heavy (non-hydrogen) atoms. The van der Waals surface area contributed by atoms with E-state index in [4.69, 9.17) is 4.98 Å². The van der Waals surface area contributed by atoms with E-state index in [-0.39, 0.29) is 0 Å². The Balaban J connectivity index is 2.18. The molecule has 0 fully saturated rings. The number of nitrogens with zero attached hydrogens (tertiary/aromatic N) is 3. The van der Waals surface area contributed by atoms with Crippen LogP contribution in [0.1, 0.15) is 63.4 Å². The Labute approximate surface area is 144 Å². The van der Waals surface area contributed by atoms with E-state index < -0.39 is 0 Å². The van der Waals surface area contributed by atoms with Crippen molar-refractivity contribution in [2.45, 2.75) is 59.9 Å². The van der Waals surface area contributed by atoms with E-state index in [1.807, 2.05) is 6.20 Å². The van der Waals surface area contributed by atoms with Gasteiger partial charge in [-0.3, -0.25) is 4.98 Å². The molecule has 0 aromatic carbocycles. The van der Waals surface area contributed by atoms with Crippen LogP contribution in [0.3, 0.4) is 0 Å². The normalized spacial score (nSPS) is 11.8. The van der Waals surface area contributed by atoms with Gasteiger partial charge in [0.1, 0.15) is 0 Å². The Morgan fingerprint density at radius 1 is 1.12 bits per heavy atom. The summed E-state index contributed by atoms with van der Waals surface area (Å²) in [6, 6.07) is 7.02. The van der Waals surface area contributed by atoms with Gasteiger partial charge in [0.05, 0.1) is 16.7 Å². The first-order valence-corrected chi connectivity index (χ1v) is 8.89. The standard InChI is InChI=1S/C21H27N3/c1-7-16-10-19-20(15(6)12-24(19)14(4)5)23-21(16)17-8-9-18(13(2)3)22-11-17/h8-14H,7H2,1-6H3. The third-order valence-electron chi connectivity index (χ3n) is 4.65. The molecule has 126 valence electrons. The Hall–Kier alpha value is -2.16. The fourth-order valence-corrected chi connectivity index (χ4v) is 3.20. The van der Waals surface area contributed by atoms with Gasteiger partial charge in [0.25, 0.3) is 0 Å². The quantitative estimate of drug-likeness (QED) is 0.619. The van der Waals surface area contributed by atoms with E-state index in [1.165, 1.54) is 16.6 Å². The van der Waals surface area contributed by atoms with Crippen molar-refractivity contribution in [3.8, 4) is 11.3 Å². The fourth-order valence-electron chi connectivity index (χ4n) is 3.20. The number of hydrogen-bond donors (Lipinski definition) is 0. The Bertz CT molecular complexity index is 855. The van der Waals surface area contributed by atoms with E-state index in [0.717, 1.165) is 28.9 Å². The maximum atomic E-state index is 5.03. The molecule has 0 N–H and O–H groups in total. The van der Waals surface area contributed by atoms with Crippen molar-refractivity contribution in [3.63, 3.8) is 0 Å². The second-order valence-electron chi connectivity index (χ2n) is 7.16. The van der Waals surface area contributed by atoms with Crippen molar-refractivity contribution >= 4 is 11.0 Å². The number of aryl methyl sites for hydroxylation is 2. The van der Waals surface area contributed by atoms with Gasteiger partial charge in [0.15, 0.2) is 0 Å². The molecule has 0 aliphatic rings. The predicted octanol–water partition coefficient (Wildman–Crippen LogP) is 5.67. The van der Waals surface area contributed by atoms with E-state index in [9.17, 15) is 0 Å². The van der Waals surface area contributed by atoms with Gasteiger partial charge in [-0.2, -0.15) is 0 Å². The van der Waals surface area contributed by atoms with Gasteiger partial charge in [-0.1, -0.05) is 20.8 Å². The second-order valence-corrected chi connectivity index (χ2v) is 7.16. The van der Waals surface area contributed by atoms with Crippen LogP contribution in [0.25, 0.3) is 22.3 Å². The average molecular weight is 321 g/mol. The van der Waals surface area contributed by atoms with Crippen molar-refractivity contribution in [2.24, 2.45) is 0 Å². The van der Waals surface area contributed by atoms with Crippen LogP contribution in [-0.2, 0) is 6.42 Å². The molecule has 0 radical (unpaired) electrons. The van der Waals surface area contributed by atoms with Crippen LogP contribution in [0.2, 0.25) is 0 Å². The lowest BCUT2D eigenvalue weighted by atomic mass is 10.0. The molecule has 3 heterocycles. The molecular weight excluding hydrogens is 294 g/mol. The van der Waals surface area contributed by atoms with Gasteiger partial charge in [-0.05, 0) is 62.4 Å². The summed E-state index contributed by atoms with van der Waals surface area (Å²) in [7, 11) is 0. The van der Waals surface area contributed by atoms with E-state index in [2.05, 4.69) is 75.5 Å². The largest absolute Gasteiger partial charge is 0.343 e. The maximum absolute atomic E-state index is 5.03. The van der Waals surface area contributed by atoms with Gasteiger partial charge >= 0.3 is 0 Å². The summed E-state index contributed by atoms with van der Waals surface area (Å²) >= 11 is 0. The van der Waals surface area contributed by atoms with Gasteiger partial charge in [0.2, 0.25) is 0 Å². The molecule has 0 unspecified atom stereocenters. The lowest BCUT2D eigenvalue weighted by molar-refractivity contribution is 0.621. The number of hydrogen-bond acceptors (Lipinski definition) is 2. The highest BCUT2D eigenvalue weighted by atomic mass is 15.0. The highest BCUT2D eigenvalue weighted by molar-refractivity contribution is 5.84. The van der Waals surface area contributed by atoms with Crippen molar-refractivity contribution in [3.05, 3.63) is 47.4 Å². The van der Waals surface area contributed by atoms with Crippen molar-refractivity contribution in [1.82, 2.24) is 14.5 Å². The maximum Gasteiger partial charge on any atom is 0.0917 e. The molecule has 0 spiro atoms. The van der Waals surface area contributed by atoms with Crippen LogP contribution in [-0.4, -0.2) is 14.5 Å². The zero-order valence-electron chi connectivity index (χ0n) is 15.6. The molecule has 3 aromatic rings. The fraction of sp³-hybridized carbons (Fsp3) is 0.429. The Kier molecular flexibility index (Phi) is 4.44. The molecular formula is C21H27N3. The molecule has 3 aromatic heterocycles. The van der Waals surface area contributed by atoms with Crippen molar-refractivity contribution < 1.29 is 0 Å². The van der Waals surface area contributed by atoms with E-state index >= 15 is 0 Å². The van der Waals surface area contributed by atoms with Crippen LogP contribution in [0.5, 0.6) is 0 Å². The first-order chi connectivity index (χ1) is 11.4. The Morgan fingerprint density at radius 3 is 2.42 bits per heavy atom. The molecule has 3 heteroatoms. The van der Waals surface area contributed by atoms with E-state index in [1.54, 1.807) is 0 Å². The van der Waals surface area contributed by atoms with Crippen LogP contribution in [0.15, 0.2) is 30.6 Å². The van der Waals surface area contributed by atoms with Gasteiger partial charge < -0.3 is 4.57 Å². The topological polar surface area (TPSA) is 30.7 Å². The van der Waals surface area contributed by atoms with Crippen LogP contribution in [0.4, 0.5) is 0 Å². The third-order valence-corrected chi connectivity index (χ3v) is 4.65. The van der Waals surface area contributed by atoms with Gasteiger partial charge in [-0.15, -0.1) is 0 Å². The molecule has 0 amide bonds. The average Bonchev–Trinajstić information content (AvgIpc) is 2.90. The van der Waals surface area contributed by atoms with Crippen LogP contribution in [0, 0.1) is 6.92 Å². The smallest absolute Gasteiger partial charge is 0.0917 e. The monoisotopic (exact) mass is 321 g/mol. The zero-order chi connectivity index (χ0) is 17.4. The zero-order valence-corrected chi connectivity index (χ0v) is 15.6. The van der Waals surface area contributed by atoms with Gasteiger partial charge in [0, 0.05) is 29.7 Å². The first kappa shape index (κ1) is 16.7. The first-order valence-electron chi connectivity index (χ1n) is 8.89. The molecule has 3 nitrogen and oxygen atoms in total. The number of fused-ring (bicyclic) bond motifs is 1. The molecule has 0 atom stereocenters. The lowest BCUT2D eigenvalue weighted by Gasteiger charge is -2.13. The summed E-state index contributed by atoms with van der Waals surface area (Å²) in [6.45, 7) is 13.1. The summed E-state index contributed by atoms with van der Waals surface area (Å²) in [5.41, 5.74) is 8.14. The van der Waals surface area contributed by atoms with Crippen molar-refractivity contribution in [1.29, 1.82) is 0 Å². The third kappa shape index (κ3) is 2.83. The summed E-state index contributed by atoms with van der Waals surface area (Å²) in [6.07, 6.45) is 5.15. The van der Waals surface area contributed by atoms with Crippen LogP contribution >= 0.6 is 0 Å². The summed E-state index contributed by atoms with van der Waals surface area (Å²) in [4.78, 5) is 9.65. The predicted molar refractivity (Wildman–Crippen MR) is 102 cm³/mol. The molecule has 0 bridgehead atoms. The minimum atomic E-state index is 0.436. The molecule has 0 aliphatic carbocycles. The highest BCUT2D eigenvalue weighted by Crippen LogP contribution is 2.30. The SMILES string of the molecule is CCc1cc2c(nc1-c1ccc(C(C)C)nc1)c(C)cn2C(C)C. The van der Waals surface area contributed by atoms with Crippen molar-refractivity contribution in [2.75, 3.05) is 0 Å².